The summed E-state index contributed by atoms with van der Waals surface area (Å²) in [5.74, 6) is 0.223. The van der Waals surface area contributed by atoms with E-state index in [0.717, 1.165) is 71.0 Å². The Kier molecular flexibility index (Phi) is 5.98. The summed E-state index contributed by atoms with van der Waals surface area (Å²) in [6, 6.07) is -0.00831. The van der Waals surface area contributed by atoms with Crippen molar-refractivity contribution in [3.63, 3.8) is 0 Å². The van der Waals surface area contributed by atoms with Crippen LogP contribution in [-0.4, -0.2) is 65.2 Å². The van der Waals surface area contributed by atoms with Crippen LogP contribution in [-0.2, 0) is 4.79 Å². The highest BCUT2D eigenvalue weighted by Gasteiger charge is 2.39. The predicted octanol–water partition coefficient (Wildman–Crippen LogP) is 1.72. The van der Waals surface area contributed by atoms with Crippen LogP contribution in [0.1, 0.15) is 57.8 Å². The number of carbonyl (C=O) groups is 2. The zero-order valence-electron chi connectivity index (χ0n) is 14.6. The van der Waals surface area contributed by atoms with Gasteiger partial charge in [0, 0.05) is 31.6 Å². The van der Waals surface area contributed by atoms with Gasteiger partial charge in [0.25, 0.3) is 0 Å². The summed E-state index contributed by atoms with van der Waals surface area (Å²) in [6.45, 7) is 2.46. The fraction of sp³-hybridized carbons (Fsp3) is 0.889. The van der Waals surface area contributed by atoms with Crippen molar-refractivity contribution in [2.24, 2.45) is 5.92 Å². The van der Waals surface area contributed by atoms with E-state index in [1.165, 1.54) is 6.42 Å². The van der Waals surface area contributed by atoms with E-state index in [0.29, 0.717) is 0 Å². The molecule has 0 aromatic carbocycles. The molecule has 136 valence electrons. The normalized spacial score (nSPS) is 31.1. The second-order valence-corrected chi connectivity index (χ2v) is 7.52. The predicted molar refractivity (Wildman–Crippen MR) is 91.5 cm³/mol. The van der Waals surface area contributed by atoms with Crippen molar-refractivity contribution in [1.82, 2.24) is 15.1 Å². The van der Waals surface area contributed by atoms with Gasteiger partial charge >= 0.3 is 6.03 Å². The third kappa shape index (κ3) is 4.02. The number of piperidine rings is 1. The van der Waals surface area contributed by atoms with Crippen LogP contribution in [0.25, 0.3) is 0 Å². The van der Waals surface area contributed by atoms with Gasteiger partial charge in [-0.25, -0.2) is 4.79 Å². The van der Waals surface area contributed by atoms with E-state index < -0.39 is 0 Å². The molecule has 0 aromatic heterocycles. The molecule has 6 nitrogen and oxygen atoms in total. The average molecular weight is 337 g/mol. The number of nitrogens with one attached hydrogen (secondary N) is 1. The quantitative estimate of drug-likeness (QED) is 0.824. The first-order valence-electron chi connectivity index (χ1n) is 9.67. The molecular formula is C18H31N3O3. The zero-order valence-corrected chi connectivity index (χ0v) is 14.6. The summed E-state index contributed by atoms with van der Waals surface area (Å²) < 4.78 is 0. The van der Waals surface area contributed by atoms with Crippen LogP contribution in [0.3, 0.4) is 0 Å². The summed E-state index contributed by atoms with van der Waals surface area (Å²) in [5, 5.41) is 13.1. The molecule has 2 aliphatic heterocycles. The Bertz CT molecular complexity index is 451. The molecule has 3 amide bonds. The van der Waals surface area contributed by atoms with Gasteiger partial charge in [-0.3, -0.25) is 4.79 Å². The number of carbonyl (C=O) groups excluding carboxylic acids is 2. The first-order valence-corrected chi connectivity index (χ1v) is 9.67. The van der Waals surface area contributed by atoms with E-state index in [1.807, 2.05) is 9.80 Å². The molecule has 6 heteroatoms. The average Bonchev–Trinajstić information content (AvgIpc) is 3.10. The van der Waals surface area contributed by atoms with Gasteiger partial charge in [0.15, 0.2) is 0 Å². The Morgan fingerprint density at radius 2 is 1.67 bits per heavy atom. The number of rotatable bonds is 3. The lowest BCUT2D eigenvalue weighted by Crippen LogP contribution is -2.51. The van der Waals surface area contributed by atoms with Crippen molar-refractivity contribution >= 4 is 11.9 Å². The number of hydrogen-bond acceptors (Lipinski definition) is 3. The van der Waals surface area contributed by atoms with Gasteiger partial charge in [0.2, 0.25) is 5.91 Å². The third-order valence-electron chi connectivity index (χ3n) is 5.94. The molecule has 0 radical (unpaired) electrons. The maximum atomic E-state index is 12.6. The number of urea groups is 1. The minimum atomic E-state index is -0.285. The van der Waals surface area contributed by atoms with Crippen molar-refractivity contribution in [2.45, 2.75) is 69.9 Å². The van der Waals surface area contributed by atoms with Crippen LogP contribution in [0.2, 0.25) is 0 Å². The van der Waals surface area contributed by atoms with E-state index in [1.54, 1.807) is 0 Å². The number of aliphatic hydroxyl groups excluding tert-OH is 1. The number of hydrogen-bond donors (Lipinski definition) is 2. The van der Waals surface area contributed by atoms with Crippen molar-refractivity contribution in [3.05, 3.63) is 0 Å². The molecule has 3 aliphatic rings. The molecule has 0 unspecified atom stereocenters. The highest BCUT2D eigenvalue weighted by Crippen LogP contribution is 2.34. The molecule has 0 aromatic rings. The summed E-state index contributed by atoms with van der Waals surface area (Å²) >= 11 is 0. The number of aliphatic hydroxyl groups is 1. The van der Waals surface area contributed by atoms with Crippen LogP contribution in [0.5, 0.6) is 0 Å². The van der Waals surface area contributed by atoms with Crippen LogP contribution >= 0.6 is 0 Å². The van der Waals surface area contributed by atoms with Gasteiger partial charge in [-0.05, 0) is 44.9 Å². The molecule has 1 saturated carbocycles. The van der Waals surface area contributed by atoms with Gasteiger partial charge < -0.3 is 20.2 Å². The molecule has 2 saturated heterocycles. The molecule has 2 heterocycles. The largest absolute Gasteiger partial charge is 0.393 e. The minimum Gasteiger partial charge on any atom is -0.393 e. The second-order valence-electron chi connectivity index (χ2n) is 7.52. The van der Waals surface area contributed by atoms with E-state index in [9.17, 15) is 14.7 Å². The molecule has 3 fully saturated rings. The van der Waals surface area contributed by atoms with Crippen LogP contribution in [0.15, 0.2) is 0 Å². The number of amides is 3. The monoisotopic (exact) mass is 337 g/mol. The molecule has 3 rings (SSSR count). The van der Waals surface area contributed by atoms with E-state index in [2.05, 4.69) is 5.32 Å². The second kappa shape index (κ2) is 8.19. The summed E-state index contributed by atoms with van der Waals surface area (Å²) in [6.07, 6.45) is 9.06. The maximum Gasteiger partial charge on any atom is 0.318 e. The molecule has 24 heavy (non-hydrogen) atoms. The first-order chi connectivity index (χ1) is 11.7. The lowest BCUT2D eigenvalue weighted by atomic mass is 9.80. The van der Waals surface area contributed by atoms with Gasteiger partial charge in [-0.1, -0.05) is 12.8 Å². The molecule has 0 spiro atoms. The van der Waals surface area contributed by atoms with Gasteiger partial charge in [-0.15, -0.1) is 0 Å². The fourth-order valence-electron chi connectivity index (χ4n) is 4.59. The fourth-order valence-corrected chi connectivity index (χ4v) is 4.59. The zero-order chi connectivity index (χ0) is 16.9. The van der Waals surface area contributed by atoms with Crippen LogP contribution in [0.4, 0.5) is 4.79 Å². The highest BCUT2D eigenvalue weighted by molar-refractivity contribution is 5.84. The van der Waals surface area contributed by atoms with E-state index in [4.69, 9.17) is 0 Å². The number of nitrogens with zero attached hydrogens (tertiary/aromatic N) is 2. The van der Waals surface area contributed by atoms with E-state index in [-0.39, 0.29) is 36.5 Å². The Morgan fingerprint density at radius 3 is 2.42 bits per heavy atom. The third-order valence-corrected chi connectivity index (χ3v) is 5.94. The Hall–Kier alpha value is -1.30. The molecule has 3 atom stereocenters. The Morgan fingerprint density at radius 1 is 0.917 bits per heavy atom. The van der Waals surface area contributed by atoms with Crippen molar-refractivity contribution in [2.75, 3.05) is 26.2 Å². The Labute approximate surface area is 144 Å². The summed E-state index contributed by atoms with van der Waals surface area (Å²) in [5.41, 5.74) is 0. The summed E-state index contributed by atoms with van der Waals surface area (Å²) in [7, 11) is 0. The molecular weight excluding hydrogens is 306 g/mol. The minimum absolute atomic E-state index is 0.0245. The highest BCUT2D eigenvalue weighted by atomic mass is 16.3. The lowest BCUT2D eigenvalue weighted by Gasteiger charge is -2.37. The van der Waals surface area contributed by atoms with Gasteiger partial charge in [-0.2, -0.15) is 0 Å². The SMILES string of the molecule is O=C(CNC(=O)N1CCC[C@@H]1[C@@H]1CCCC[C@H]1O)N1CCCCC1. The smallest absolute Gasteiger partial charge is 0.318 e. The van der Waals surface area contributed by atoms with Gasteiger partial charge in [0.1, 0.15) is 0 Å². The standard InChI is InChI=1S/C18H31N3O3/c22-16-9-3-2-7-14(16)15-8-6-12-21(15)18(24)19-13-17(23)20-10-4-1-5-11-20/h14-16,22H,1-13H2,(H,19,24)/t14-,15+,16+/m0/s1. The first kappa shape index (κ1) is 17.5. The molecule has 2 N–H and O–H groups in total. The van der Waals surface area contributed by atoms with Crippen LogP contribution in [0, 0.1) is 5.92 Å². The molecule has 0 bridgehead atoms. The van der Waals surface area contributed by atoms with Crippen molar-refractivity contribution < 1.29 is 14.7 Å². The topological polar surface area (TPSA) is 72.9 Å². The van der Waals surface area contributed by atoms with E-state index >= 15 is 0 Å². The number of likely N-dealkylation sites (tertiary alicyclic amines) is 2. The van der Waals surface area contributed by atoms with Gasteiger partial charge in [0.05, 0.1) is 12.6 Å². The van der Waals surface area contributed by atoms with Crippen molar-refractivity contribution in [3.8, 4) is 0 Å². The summed E-state index contributed by atoms with van der Waals surface area (Å²) in [4.78, 5) is 28.5. The van der Waals surface area contributed by atoms with Crippen LogP contribution < -0.4 is 5.32 Å². The maximum absolute atomic E-state index is 12.6. The lowest BCUT2D eigenvalue weighted by molar-refractivity contribution is -0.131. The Balaban J connectivity index is 1.50. The van der Waals surface area contributed by atoms with Crippen molar-refractivity contribution in [1.29, 1.82) is 0 Å². The molecule has 1 aliphatic carbocycles.